The second-order valence-electron chi connectivity index (χ2n) is 4.08. The fraction of sp³-hybridized carbons (Fsp3) is 1.00. The molecule has 13 heavy (non-hydrogen) atoms. The van der Waals surface area contributed by atoms with Crippen LogP contribution in [-0.4, -0.2) is 71.0 Å². The smallest absolute Gasteiger partial charge is 0.0603 e. The Morgan fingerprint density at radius 2 is 1.85 bits per heavy atom. The monoisotopic (exact) mass is 186 g/mol. The number of hydrogen-bond acceptors (Lipinski definition) is 4. The zero-order chi connectivity index (χ0) is 9.42. The standard InChI is InChI=1S/C9H18N2O2/c1-7-4-10-2-3-11(7)9(6-13)8(10)5-12/h7-9,12-13H,2-6H2,1H3. The van der Waals surface area contributed by atoms with Gasteiger partial charge >= 0.3 is 0 Å². The molecule has 4 nitrogen and oxygen atoms in total. The molecule has 4 heteroatoms. The molecule has 3 saturated heterocycles. The van der Waals surface area contributed by atoms with E-state index in [-0.39, 0.29) is 25.3 Å². The van der Waals surface area contributed by atoms with Crippen molar-refractivity contribution in [1.29, 1.82) is 0 Å². The SMILES string of the molecule is CC1CN2CCN1C(CO)C2CO. The third-order valence-corrected chi connectivity index (χ3v) is 3.42. The van der Waals surface area contributed by atoms with Gasteiger partial charge in [0.2, 0.25) is 0 Å². The van der Waals surface area contributed by atoms with Gasteiger partial charge in [0.15, 0.2) is 0 Å². The van der Waals surface area contributed by atoms with Gasteiger partial charge in [-0.1, -0.05) is 0 Å². The predicted octanol–water partition coefficient (Wildman–Crippen LogP) is -1.27. The Morgan fingerprint density at radius 1 is 1.15 bits per heavy atom. The first kappa shape index (κ1) is 9.40. The molecule has 0 radical (unpaired) electrons. The van der Waals surface area contributed by atoms with Gasteiger partial charge in [-0.25, -0.2) is 0 Å². The molecule has 76 valence electrons. The average molecular weight is 186 g/mol. The Hall–Kier alpha value is -0.160. The summed E-state index contributed by atoms with van der Waals surface area (Å²) in [7, 11) is 0. The Morgan fingerprint density at radius 3 is 2.38 bits per heavy atom. The van der Waals surface area contributed by atoms with Crippen LogP contribution >= 0.6 is 0 Å². The van der Waals surface area contributed by atoms with E-state index in [4.69, 9.17) is 0 Å². The summed E-state index contributed by atoms with van der Waals surface area (Å²) >= 11 is 0. The summed E-state index contributed by atoms with van der Waals surface area (Å²) in [5, 5.41) is 18.5. The molecule has 5 atom stereocenters. The van der Waals surface area contributed by atoms with E-state index in [0.29, 0.717) is 6.04 Å². The second-order valence-corrected chi connectivity index (χ2v) is 4.08. The van der Waals surface area contributed by atoms with Gasteiger partial charge in [0.05, 0.1) is 25.3 Å². The number of hydrogen-bond donors (Lipinski definition) is 2. The Kier molecular flexibility index (Phi) is 2.55. The summed E-state index contributed by atoms with van der Waals surface area (Å²) in [6.45, 7) is 5.60. The van der Waals surface area contributed by atoms with E-state index in [2.05, 4.69) is 16.7 Å². The van der Waals surface area contributed by atoms with Crippen molar-refractivity contribution in [3.05, 3.63) is 0 Å². The first-order valence-corrected chi connectivity index (χ1v) is 4.99. The van der Waals surface area contributed by atoms with Crippen molar-refractivity contribution in [2.24, 2.45) is 0 Å². The number of nitrogens with zero attached hydrogens (tertiary/aromatic N) is 2. The maximum Gasteiger partial charge on any atom is 0.0603 e. The van der Waals surface area contributed by atoms with Crippen LogP contribution in [0.1, 0.15) is 6.92 Å². The van der Waals surface area contributed by atoms with Crippen LogP contribution in [-0.2, 0) is 0 Å². The predicted molar refractivity (Wildman–Crippen MR) is 49.5 cm³/mol. The van der Waals surface area contributed by atoms with Crippen LogP contribution in [0, 0.1) is 0 Å². The summed E-state index contributed by atoms with van der Waals surface area (Å²) in [5.41, 5.74) is 0. The molecule has 3 fully saturated rings. The minimum Gasteiger partial charge on any atom is -0.395 e. The molecule has 0 aromatic carbocycles. The van der Waals surface area contributed by atoms with E-state index in [0.717, 1.165) is 19.6 Å². The first-order chi connectivity index (χ1) is 6.27. The highest BCUT2D eigenvalue weighted by Crippen LogP contribution is 2.25. The molecule has 0 aromatic rings. The average Bonchev–Trinajstić information content (AvgIpc) is 2.17. The van der Waals surface area contributed by atoms with Crippen molar-refractivity contribution >= 4 is 0 Å². The lowest BCUT2D eigenvalue weighted by molar-refractivity contribution is -0.0993. The maximum atomic E-state index is 9.25. The minimum absolute atomic E-state index is 0.141. The van der Waals surface area contributed by atoms with Crippen LogP contribution in [0.2, 0.25) is 0 Å². The molecule has 3 rings (SSSR count). The third-order valence-electron chi connectivity index (χ3n) is 3.42. The van der Waals surface area contributed by atoms with Crippen molar-refractivity contribution in [2.75, 3.05) is 32.8 Å². The van der Waals surface area contributed by atoms with E-state index in [1.807, 2.05) is 0 Å². The summed E-state index contributed by atoms with van der Waals surface area (Å²) in [4.78, 5) is 4.62. The lowest BCUT2D eigenvalue weighted by atomic mass is 9.95. The fourth-order valence-electron chi connectivity index (χ4n) is 2.72. The van der Waals surface area contributed by atoms with E-state index in [1.165, 1.54) is 0 Å². The van der Waals surface area contributed by atoms with E-state index in [1.54, 1.807) is 0 Å². The van der Waals surface area contributed by atoms with Gasteiger partial charge in [0, 0.05) is 25.7 Å². The molecule has 0 spiro atoms. The molecule has 0 amide bonds. The fourth-order valence-corrected chi connectivity index (χ4v) is 2.72. The first-order valence-electron chi connectivity index (χ1n) is 4.99. The molecule has 2 N–H and O–H groups in total. The molecule has 3 aliphatic rings. The molecule has 3 aliphatic heterocycles. The summed E-state index contributed by atoms with van der Waals surface area (Å²) in [6, 6.07) is 0.811. The zero-order valence-electron chi connectivity index (χ0n) is 8.06. The van der Waals surface area contributed by atoms with Gasteiger partial charge in [0.25, 0.3) is 0 Å². The molecule has 3 heterocycles. The number of aliphatic hydroxyl groups excluding tert-OH is 2. The topological polar surface area (TPSA) is 46.9 Å². The van der Waals surface area contributed by atoms with Crippen molar-refractivity contribution in [1.82, 2.24) is 9.80 Å². The lowest BCUT2D eigenvalue weighted by Gasteiger charge is -2.55. The van der Waals surface area contributed by atoms with Gasteiger partial charge in [-0.05, 0) is 6.92 Å². The molecule has 2 bridgehead atoms. The van der Waals surface area contributed by atoms with Crippen LogP contribution < -0.4 is 0 Å². The largest absolute Gasteiger partial charge is 0.395 e. The number of fused-ring (bicyclic) bond motifs is 3. The van der Waals surface area contributed by atoms with Gasteiger partial charge in [-0.2, -0.15) is 0 Å². The normalized spacial score (nSPS) is 49.6. The highest BCUT2D eigenvalue weighted by atomic mass is 16.3. The third kappa shape index (κ3) is 1.38. The quantitative estimate of drug-likeness (QED) is 0.564. The van der Waals surface area contributed by atoms with Crippen LogP contribution in [0.25, 0.3) is 0 Å². The molecule has 0 saturated carbocycles. The maximum absolute atomic E-state index is 9.25. The van der Waals surface area contributed by atoms with E-state index in [9.17, 15) is 10.2 Å². The summed E-state index contributed by atoms with van der Waals surface area (Å²) in [6.07, 6.45) is 0. The van der Waals surface area contributed by atoms with Crippen LogP contribution in [0.15, 0.2) is 0 Å². The summed E-state index contributed by atoms with van der Waals surface area (Å²) < 4.78 is 0. The molecule has 5 unspecified atom stereocenters. The summed E-state index contributed by atoms with van der Waals surface area (Å²) in [5.74, 6) is 0. The Balaban J connectivity index is 2.15. The van der Waals surface area contributed by atoms with Gasteiger partial charge < -0.3 is 10.2 Å². The highest BCUT2D eigenvalue weighted by molar-refractivity contribution is 4.99. The van der Waals surface area contributed by atoms with Crippen molar-refractivity contribution in [2.45, 2.75) is 25.0 Å². The van der Waals surface area contributed by atoms with Crippen molar-refractivity contribution in [3.8, 4) is 0 Å². The second kappa shape index (κ2) is 3.53. The van der Waals surface area contributed by atoms with Crippen molar-refractivity contribution in [3.63, 3.8) is 0 Å². The van der Waals surface area contributed by atoms with Gasteiger partial charge in [-0.15, -0.1) is 0 Å². The molecule has 0 aromatic heterocycles. The Bertz CT molecular complexity index is 186. The van der Waals surface area contributed by atoms with Gasteiger partial charge in [-0.3, -0.25) is 9.80 Å². The van der Waals surface area contributed by atoms with Crippen LogP contribution in [0.4, 0.5) is 0 Å². The molecular formula is C9H18N2O2. The lowest BCUT2D eigenvalue weighted by Crippen LogP contribution is -2.71. The number of rotatable bonds is 2. The zero-order valence-corrected chi connectivity index (χ0v) is 8.06. The number of aliphatic hydroxyl groups is 2. The molecular weight excluding hydrogens is 168 g/mol. The van der Waals surface area contributed by atoms with E-state index >= 15 is 0 Å². The number of piperazine rings is 3. The van der Waals surface area contributed by atoms with Crippen molar-refractivity contribution < 1.29 is 10.2 Å². The van der Waals surface area contributed by atoms with Crippen LogP contribution in [0.5, 0.6) is 0 Å². The van der Waals surface area contributed by atoms with Gasteiger partial charge in [0.1, 0.15) is 0 Å². The van der Waals surface area contributed by atoms with Crippen LogP contribution in [0.3, 0.4) is 0 Å². The molecule has 0 aliphatic carbocycles. The Labute approximate surface area is 78.8 Å². The van der Waals surface area contributed by atoms with E-state index < -0.39 is 0 Å². The highest BCUT2D eigenvalue weighted by Gasteiger charge is 2.43. The minimum atomic E-state index is 0.141.